The van der Waals surface area contributed by atoms with E-state index in [1.807, 2.05) is 12.1 Å². The molecule has 1 aromatic rings. The summed E-state index contributed by atoms with van der Waals surface area (Å²) in [7, 11) is 1.67. The number of rotatable bonds is 5. The zero-order chi connectivity index (χ0) is 14.7. The molecule has 1 atom stereocenters. The quantitative estimate of drug-likeness (QED) is 0.876. The van der Waals surface area contributed by atoms with E-state index in [0.29, 0.717) is 6.04 Å². The molecule has 1 aromatic carbocycles. The first-order valence-electron chi connectivity index (χ1n) is 7.97. The molecule has 1 heterocycles. The van der Waals surface area contributed by atoms with Gasteiger partial charge in [0.05, 0.1) is 19.3 Å². The van der Waals surface area contributed by atoms with Crippen LogP contribution in [0.15, 0.2) is 18.2 Å². The van der Waals surface area contributed by atoms with Gasteiger partial charge in [0.2, 0.25) is 0 Å². The number of hydrogen-bond acceptors (Lipinski definition) is 4. The van der Waals surface area contributed by atoms with Crippen molar-refractivity contribution in [2.45, 2.75) is 50.2 Å². The average Bonchev–Trinajstić information content (AvgIpc) is 2.67. The van der Waals surface area contributed by atoms with E-state index in [1.165, 1.54) is 5.56 Å². The van der Waals surface area contributed by atoms with Crippen LogP contribution < -0.4 is 14.8 Å². The molecular formula is C17H25NO3. The van der Waals surface area contributed by atoms with Crippen LogP contribution in [0.3, 0.4) is 0 Å². The maximum Gasteiger partial charge on any atom is 0.127 e. The number of nitrogens with one attached hydrogen (secondary N) is 1. The Morgan fingerprint density at radius 3 is 2.95 bits per heavy atom. The highest BCUT2D eigenvalue weighted by Gasteiger charge is 2.33. The summed E-state index contributed by atoms with van der Waals surface area (Å²) in [4.78, 5) is 0. The first-order chi connectivity index (χ1) is 10.2. The third kappa shape index (κ3) is 3.33. The van der Waals surface area contributed by atoms with Gasteiger partial charge in [-0.1, -0.05) is 6.07 Å². The van der Waals surface area contributed by atoms with Gasteiger partial charge in [0.1, 0.15) is 11.5 Å². The number of hydrogen-bond donors (Lipinski definition) is 2. The number of fused-ring (bicyclic) bond motifs is 1. The monoisotopic (exact) mass is 291 g/mol. The Labute approximate surface area is 126 Å². The highest BCUT2D eigenvalue weighted by atomic mass is 16.5. The van der Waals surface area contributed by atoms with Crippen molar-refractivity contribution in [2.75, 3.05) is 20.3 Å². The highest BCUT2D eigenvalue weighted by Crippen LogP contribution is 2.36. The first-order valence-corrected chi connectivity index (χ1v) is 7.97. The molecule has 1 aliphatic heterocycles. The van der Waals surface area contributed by atoms with Gasteiger partial charge in [-0.15, -0.1) is 0 Å². The van der Waals surface area contributed by atoms with Crippen molar-refractivity contribution < 1.29 is 14.6 Å². The fraction of sp³-hybridized carbons (Fsp3) is 0.647. The van der Waals surface area contributed by atoms with Gasteiger partial charge in [-0.2, -0.15) is 0 Å². The van der Waals surface area contributed by atoms with E-state index in [1.54, 1.807) is 7.11 Å². The van der Waals surface area contributed by atoms with Crippen LogP contribution in [0, 0.1) is 0 Å². The van der Waals surface area contributed by atoms with Gasteiger partial charge >= 0.3 is 0 Å². The maximum absolute atomic E-state index is 10.2. The third-order valence-electron chi connectivity index (χ3n) is 4.76. The van der Waals surface area contributed by atoms with Crippen molar-refractivity contribution in [3.63, 3.8) is 0 Å². The molecule has 21 heavy (non-hydrogen) atoms. The maximum atomic E-state index is 10.2. The molecule has 0 bridgehead atoms. The Morgan fingerprint density at radius 2 is 2.24 bits per heavy atom. The van der Waals surface area contributed by atoms with E-state index >= 15 is 0 Å². The Bertz CT molecular complexity index is 485. The van der Waals surface area contributed by atoms with Gasteiger partial charge in [-0.25, -0.2) is 0 Å². The molecule has 1 fully saturated rings. The van der Waals surface area contributed by atoms with E-state index < -0.39 is 5.60 Å². The van der Waals surface area contributed by atoms with Gasteiger partial charge in [0.25, 0.3) is 0 Å². The average molecular weight is 291 g/mol. The molecule has 4 heteroatoms. The van der Waals surface area contributed by atoms with Crippen LogP contribution in [-0.2, 0) is 0 Å². The molecule has 3 rings (SSSR count). The van der Waals surface area contributed by atoms with Crippen LogP contribution in [0.25, 0.3) is 0 Å². The van der Waals surface area contributed by atoms with Crippen LogP contribution in [0.2, 0.25) is 0 Å². The predicted molar refractivity (Wildman–Crippen MR) is 81.9 cm³/mol. The molecule has 2 aliphatic rings. The van der Waals surface area contributed by atoms with Crippen LogP contribution in [0.4, 0.5) is 0 Å². The van der Waals surface area contributed by atoms with E-state index in [0.717, 1.165) is 63.2 Å². The minimum absolute atomic E-state index is 0.303. The second kappa shape index (κ2) is 6.24. The van der Waals surface area contributed by atoms with Gasteiger partial charge in [-0.3, -0.25) is 0 Å². The summed E-state index contributed by atoms with van der Waals surface area (Å²) < 4.78 is 11.1. The molecule has 4 nitrogen and oxygen atoms in total. The lowest BCUT2D eigenvalue weighted by molar-refractivity contribution is -0.0399. The first kappa shape index (κ1) is 14.7. The lowest BCUT2D eigenvalue weighted by atomic mass is 9.78. The predicted octanol–water partition coefficient (Wildman–Crippen LogP) is 2.80. The van der Waals surface area contributed by atoms with E-state index in [4.69, 9.17) is 9.47 Å². The van der Waals surface area contributed by atoms with E-state index in [-0.39, 0.29) is 0 Å². The molecule has 1 aliphatic carbocycles. The molecule has 116 valence electrons. The topological polar surface area (TPSA) is 50.7 Å². The number of aliphatic hydroxyl groups is 1. The van der Waals surface area contributed by atoms with Gasteiger partial charge in [0, 0.05) is 17.7 Å². The number of methoxy groups -OCH3 is 1. The summed E-state index contributed by atoms with van der Waals surface area (Å²) in [6, 6.07) is 6.35. The zero-order valence-corrected chi connectivity index (χ0v) is 12.7. The van der Waals surface area contributed by atoms with Gasteiger partial charge in [0.15, 0.2) is 0 Å². The van der Waals surface area contributed by atoms with Crippen LogP contribution in [-0.4, -0.2) is 31.0 Å². The zero-order valence-electron chi connectivity index (χ0n) is 12.7. The van der Waals surface area contributed by atoms with Gasteiger partial charge in [-0.05, 0) is 51.1 Å². The summed E-state index contributed by atoms with van der Waals surface area (Å²) in [5, 5.41) is 13.8. The van der Waals surface area contributed by atoms with Crippen molar-refractivity contribution in [1.29, 1.82) is 0 Å². The molecule has 0 amide bonds. The lowest BCUT2D eigenvalue weighted by Gasteiger charge is -2.37. The SMILES string of the molecule is COc1ccc2c(c1)OCCCC2NCCC1(O)CCC1. The normalized spacial score (nSPS) is 23.4. The van der Waals surface area contributed by atoms with Crippen LogP contribution in [0.5, 0.6) is 11.5 Å². The van der Waals surface area contributed by atoms with Crippen molar-refractivity contribution in [3.8, 4) is 11.5 Å². The molecule has 0 radical (unpaired) electrons. The molecule has 0 aromatic heterocycles. The fourth-order valence-electron chi connectivity index (χ4n) is 3.21. The van der Waals surface area contributed by atoms with Gasteiger partial charge < -0.3 is 19.9 Å². The number of ether oxygens (including phenoxy) is 2. The number of benzene rings is 1. The van der Waals surface area contributed by atoms with Crippen LogP contribution >= 0.6 is 0 Å². The Balaban J connectivity index is 1.65. The highest BCUT2D eigenvalue weighted by molar-refractivity contribution is 5.43. The minimum Gasteiger partial charge on any atom is -0.497 e. The Morgan fingerprint density at radius 1 is 1.38 bits per heavy atom. The molecule has 0 saturated heterocycles. The summed E-state index contributed by atoms with van der Waals surface area (Å²) in [6.45, 7) is 1.61. The summed E-state index contributed by atoms with van der Waals surface area (Å²) in [5.74, 6) is 1.75. The second-order valence-electron chi connectivity index (χ2n) is 6.23. The van der Waals surface area contributed by atoms with Crippen molar-refractivity contribution >= 4 is 0 Å². The van der Waals surface area contributed by atoms with Crippen molar-refractivity contribution in [2.24, 2.45) is 0 Å². The van der Waals surface area contributed by atoms with E-state index in [2.05, 4.69) is 11.4 Å². The standard InChI is InChI=1S/C17H25NO3/c1-20-13-5-6-14-15(4-2-11-21-16(14)12-13)18-10-9-17(19)7-3-8-17/h5-6,12,15,18-19H,2-4,7-11H2,1H3. The Hall–Kier alpha value is -1.26. The lowest BCUT2D eigenvalue weighted by Crippen LogP contribution is -2.40. The molecule has 1 saturated carbocycles. The molecule has 2 N–H and O–H groups in total. The summed E-state index contributed by atoms with van der Waals surface area (Å²) >= 11 is 0. The Kier molecular flexibility index (Phi) is 4.36. The third-order valence-corrected chi connectivity index (χ3v) is 4.76. The largest absolute Gasteiger partial charge is 0.497 e. The van der Waals surface area contributed by atoms with Crippen molar-refractivity contribution in [3.05, 3.63) is 23.8 Å². The molecular weight excluding hydrogens is 266 g/mol. The summed E-state index contributed by atoms with van der Waals surface area (Å²) in [5.41, 5.74) is 0.797. The minimum atomic E-state index is -0.406. The molecule has 0 spiro atoms. The summed E-state index contributed by atoms with van der Waals surface area (Å²) in [6.07, 6.45) is 6.02. The fourth-order valence-corrected chi connectivity index (χ4v) is 3.21. The van der Waals surface area contributed by atoms with Crippen molar-refractivity contribution in [1.82, 2.24) is 5.32 Å². The van der Waals surface area contributed by atoms with Crippen LogP contribution in [0.1, 0.15) is 50.1 Å². The molecule has 1 unspecified atom stereocenters. The second-order valence-corrected chi connectivity index (χ2v) is 6.23. The van der Waals surface area contributed by atoms with E-state index in [9.17, 15) is 5.11 Å². The smallest absolute Gasteiger partial charge is 0.127 e.